The van der Waals surface area contributed by atoms with Gasteiger partial charge in [-0.05, 0) is 12.5 Å². The first-order chi connectivity index (χ1) is 7.93. The monoisotopic (exact) mass is 299 g/mol. The molecule has 0 amide bonds. The molecular weight excluding hydrogens is 286 g/mol. The van der Waals surface area contributed by atoms with Gasteiger partial charge in [-0.3, -0.25) is 10.1 Å². The second-order valence-electron chi connectivity index (χ2n) is 4.86. The number of alkyl halides is 1. The maximum Gasteiger partial charge on any atom is 0.310 e. The van der Waals surface area contributed by atoms with Crippen LogP contribution in [0.15, 0.2) is 24.3 Å². The molecule has 1 aliphatic rings. The van der Waals surface area contributed by atoms with E-state index in [1.54, 1.807) is 18.2 Å². The molecule has 0 heterocycles. The SMILES string of the molecule is CC1(C)C(Br)CC1Oc1ccccc1[N+](=O)[O-]. The second-order valence-corrected chi connectivity index (χ2v) is 5.96. The summed E-state index contributed by atoms with van der Waals surface area (Å²) < 4.78 is 5.76. The molecule has 0 bridgehead atoms. The molecule has 0 radical (unpaired) electrons. The molecule has 2 atom stereocenters. The number of halogens is 1. The molecule has 1 aliphatic carbocycles. The summed E-state index contributed by atoms with van der Waals surface area (Å²) in [5.74, 6) is 0.356. The molecule has 2 rings (SSSR count). The highest BCUT2D eigenvalue weighted by atomic mass is 79.9. The van der Waals surface area contributed by atoms with E-state index < -0.39 is 4.92 Å². The highest BCUT2D eigenvalue weighted by Gasteiger charge is 2.49. The van der Waals surface area contributed by atoms with Crippen LogP contribution in [0.1, 0.15) is 20.3 Å². The van der Waals surface area contributed by atoms with E-state index in [9.17, 15) is 10.1 Å². The van der Waals surface area contributed by atoms with Crippen molar-refractivity contribution in [1.29, 1.82) is 0 Å². The Morgan fingerprint density at radius 1 is 1.47 bits per heavy atom. The first kappa shape index (κ1) is 12.4. The lowest BCUT2D eigenvalue weighted by atomic mass is 9.69. The van der Waals surface area contributed by atoms with Gasteiger partial charge in [0.2, 0.25) is 0 Å². The number of para-hydroxylation sites is 2. The smallest absolute Gasteiger partial charge is 0.310 e. The Morgan fingerprint density at radius 2 is 2.12 bits per heavy atom. The molecule has 0 N–H and O–H groups in total. The fourth-order valence-electron chi connectivity index (χ4n) is 1.90. The van der Waals surface area contributed by atoms with Crippen LogP contribution in [-0.2, 0) is 0 Å². The van der Waals surface area contributed by atoms with Crippen LogP contribution < -0.4 is 4.74 Å². The fraction of sp³-hybridized carbons (Fsp3) is 0.500. The molecule has 1 aromatic rings. The molecule has 1 aromatic carbocycles. The number of nitro benzene ring substituents is 1. The third-order valence-electron chi connectivity index (χ3n) is 3.39. The summed E-state index contributed by atoms with van der Waals surface area (Å²) in [4.78, 5) is 10.8. The summed E-state index contributed by atoms with van der Waals surface area (Å²) in [6.45, 7) is 4.19. The summed E-state index contributed by atoms with van der Waals surface area (Å²) in [6, 6.07) is 6.51. The van der Waals surface area contributed by atoms with Crippen molar-refractivity contribution in [3.8, 4) is 5.75 Å². The van der Waals surface area contributed by atoms with E-state index in [-0.39, 0.29) is 17.2 Å². The minimum atomic E-state index is -0.410. The zero-order valence-electron chi connectivity index (χ0n) is 9.72. The third-order valence-corrected chi connectivity index (χ3v) is 4.94. The van der Waals surface area contributed by atoms with Crippen molar-refractivity contribution in [2.24, 2.45) is 5.41 Å². The summed E-state index contributed by atoms with van der Waals surface area (Å²) in [5.41, 5.74) is 0.0327. The lowest BCUT2D eigenvalue weighted by Gasteiger charge is -2.48. The van der Waals surface area contributed by atoms with Crippen LogP contribution in [0.2, 0.25) is 0 Å². The Balaban J connectivity index is 2.18. The van der Waals surface area contributed by atoms with Crippen molar-refractivity contribution in [2.45, 2.75) is 31.2 Å². The van der Waals surface area contributed by atoms with E-state index >= 15 is 0 Å². The zero-order chi connectivity index (χ0) is 12.6. The predicted molar refractivity (Wildman–Crippen MR) is 68.6 cm³/mol. The van der Waals surface area contributed by atoms with Crippen LogP contribution in [0.25, 0.3) is 0 Å². The summed E-state index contributed by atoms with van der Waals surface area (Å²) in [6.07, 6.45) is 0.895. The Hall–Kier alpha value is -1.10. The van der Waals surface area contributed by atoms with Gasteiger partial charge in [0.15, 0.2) is 5.75 Å². The number of ether oxygens (including phenoxy) is 1. The molecule has 0 aliphatic heterocycles. The molecule has 5 heteroatoms. The van der Waals surface area contributed by atoms with E-state index in [0.717, 1.165) is 6.42 Å². The first-order valence-electron chi connectivity index (χ1n) is 5.47. The van der Waals surface area contributed by atoms with Gasteiger partial charge in [-0.25, -0.2) is 0 Å². The average molecular weight is 300 g/mol. The third kappa shape index (κ3) is 2.16. The largest absolute Gasteiger partial charge is 0.483 e. The minimum absolute atomic E-state index is 0.00368. The molecule has 0 saturated heterocycles. The summed E-state index contributed by atoms with van der Waals surface area (Å²) in [7, 11) is 0. The first-order valence-corrected chi connectivity index (χ1v) is 6.38. The van der Waals surface area contributed by atoms with E-state index in [0.29, 0.717) is 10.6 Å². The van der Waals surface area contributed by atoms with Crippen LogP contribution in [0, 0.1) is 15.5 Å². The van der Waals surface area contributed by atoms with E-state index in [1.807, 2.05) is 0 Å². The highest BCUT2D eigenvalue weighted by Crippen LogP contribution is 2.48. The minimum Gasteiger partial charge on any atom is -0.483 e. The van der Waals surface area contributed by atoms with Gasteiger partial charge in [0, 0.05) is 16.3 Å². The number of nitrogens with zero attached hydrogens (tertiary/aromatic N) is 1. The van der Waals surface area contributed by atoms with E-state index in [4.69, 9.17) is 4.74 Å². The van der Waals surface area contributed by atoms with E-state index in [2.05, 4.69) is 29.8 Å². The second kappa shape index (κ2) is 4.29. The van der Waals surface area contributed by atoms with Crippen LogP contribution in [0.3, 0.4) is 0 Å². The molecule has 17 heavy (non-hydrogen) atoms. The van der Waals surface area contributed by atoms with Crippen LogP contribution in [0.5, 0.6) is 5.75 Å². The van der Waals surface area contributed by atoms with Gasteiger partial charge in [-0.2, -0.15) is 0 Å². The van der Waals surface area contributed by atoms with Gasteiger partial charge < -0.3 is 4.74 Å². The van der Waals surface area contributed by atoms with E-state index in [1.165, 1.54) is 6.07 Å². The standard InChI is InChI=1S/C12H14BrNO3/c1-12(2)10(13)7-11(12)17-9-6-4-3-5-8(9)14(15)16/h3-6,10-11H,7H2,1-2H3. The highest BCUT2D eigenvalue weighted by molar-refractivity contribution is 9.09. The maximum absolute atomic E-state index is 10.9. The molecule has 1 saturated carbocycles. The van der Waals surface area contributed by atoms with Gasteiger partial charge in [-0.15, -0.1) is 0 Å². The molecule has 0 spiro atoms. The molecule has 0 aromatic heterocycles. The summed E-state index contributed by atoms with van der Waals surface area (Å²) >= 11 is 3.57. The van der Waals surface area contributed by atoms with Crippen molar-refractivity contribution < 1.29 is 9.66 Å². The molecule has 4 nitrogen and oxygen atoms in total. The van der Waals surface area contributed by atoms with Gasteiger partial charge in [-0.1, -0.05) is 41.9 Å². The Morgan fingerprint density at radius 3 is 2.65 bits per heavy atom. The zero-order valence-corrected chi connectivity index (χ0v) is 11.3. The van der Waals surface area contributed by atoms with Crippen molar-refractivity contribution in [2.75, 3.05) is 0 Å². The fourth-order valence-corrected chi connectivity index (χ4v) is 2.53. The van der Waals surface area contributed by atoms with Crippen molar-refractivity contribution in [1.82, 2.24) is 0 Å². The Labute approximate surface area is 108 Å². The quantitative estimate of drug-likeness (QED) is 0.487. The van der Waals surface area contributed by atoms with Crippen LogP contribution in [0.4, 0.5) is 5.69 Å². The van der Waals surface area contributed by atoms with Crippen LogP contribution in [-0.4, -0.2) is 15.9 Å². The lowest BCUT2D eigenvalue weighted by molar-refractivity contribution is -0.386. The Kier molecular flexibility index (Phi) is 3.12. The number of hydrogen-bond acceptors (Lipinski definition) is 3. The molecule has 1 fully saturated rings. The molecular formula is C12H14BrNO3. The normalized spacial score (nSPS) is 26.1. The summed E-state index contributed by atoms with van der Waals surface area (Å²) in [5, 5.41) is 10.9. The van der Waals surface area contributed by atoms with Crippen LogP contribution >= 0.6 is 15.9 Å². The average Bonchev–Trinajstić information content (AvgIpc) is 2.29. The lowest BCUT2D eigenvalue weighted by Crippen LogP contribution is -2.53. The topological polar surface area (TPSA) is 52.4 Å². The maximum atomic E-state index is 10.9. The number of nitro groups is 1. The van der Waals surface area contributed by atoms with Gasteiger partial charge in [0.1, 0.15) is 6.10 Å². The van der Waals surface area contributed by atoms with Gasteiger partial charge >= 0.3 is 5.69 Å². The van der Waals surface area contributed by atoms with Crippen molar-refractivity contribution >= 4 is 21.6 Å². The number of hydrogen-bond donors (Lipinski definition) is 0. The van der Waals surface area contributed by atoms with Gasteiger partial charge in [0.25, 0.3) is 0 Å². The Bertz CT molecular complexity index is 447. The number of benzene rings is 1. The number of rotatable bonds is 3. The van der Waals surface area contributed by atoms with Crippen molar-refractivity contribution in [3.63, 3.8) is 0 Å². The van der Waals surface area contributed by atoms with Gasteiger partial charge in [0.05, 0.1) is 4.92 Å². The predicted octanol–water partition coefficient (Wildman–Crippen LogP) is 3.54. The molecule has 92 valence electrons. The molecule has 2 unspecified atom stereocenters. The van der Waals surface area contributed by atoms with Crippen molar-refractivity contribution in [3.05, 3.63) is 34.4 Å².